The van der Waals surface area contributed by atoms with E-state index in [0.717, 1.165) is 51.4 Å². The Labute approximate surface area is 125 Å². The summed E-state index contributed by atoms with van der Waals surface area (Å²) in [5.41, 5.74) is -1.90. The molecule has 0 aromatic rings. The zero-order valence-corrected chi connectivity index (χ0v) is 13.0. The molecule has 0 saturated heterocycles. The maximum absolute atomic E-state index is 12.0. The predicted octanol–water partition coefficient (Wildman–Crippen LogP) is 2.43. The second kappa shape index (κ2) is 7.56. The van der Waals surface area contributed by atoms with Crippen LogP contribution in [0, 0.1) is 0 Å². The quantitative estimate of drug-likeness (QED) is 0.618. The van der Waals surface area contributed by atoms with Gasteiger partial charge in [0, 0.05) is 0 Å². The van der Waals surface area contributed by atoms with Gasteiger partial charge >= 0.3 is 16.1 Å². The first-order valence-corrected chi connectivity index (χ1v) is 9.29. The van der Waals surface area contributed by atoms with Crippen LogP contribution < -0.4 is 0 Å². The van der Waals surface area contributed by atoms with Gasteiger partial charge in [-0.2, -0.15) is 8.42 Å². The van der Waals surface area contributed by atoms with Gasteiger partial charge in [0.15, 0.2) is 0 Å². The summed E-state index contributed by atoms with van der Waals surface area (Å²) in [4.78, 5) is 12.0. The Kier molecular flexibility index (Phi) is 6.01. The van der Waals surface area contributed by atoms with Crippen molar-refractivity contribution < 1.29 is 27.2 Å². The molecular formula is C14H24O6S. The number of carbonyl (C=O) groups is 1. The second-order valence-corrected chi connectivity index (χ2v) is 7.40. The Morgan fingerprint density at radius 3 is 1.86 bits per heavy atom. The van der Waals surface area contributed by atoms with E-state index >= 15 is 0 Å². The highest BCUT2D eigenvalue weighted by Gasteiger charge is 2.37. The van der Waals surface area contributed by atoms with Gasteiger partial charge in [-0.3, -0.25) is 4.55 Å². The molecule has 0 aliphatic heterocycles. The maximum atomic E-state index is 12.0. The predicted molar refractivity (Wildman–Crippen MR) is 76.3 cm³/mol. The third-order valence-electron chi connectivity index (χ3n) is 4.17. The Hall–Kier alpha value is -0.660. The molecule has 0 aromatic heterocycles. The van der Waals surface area contributed by atoms with Crippen LogP contribution >= 0.6 is 0 Å². The number of ether oxygens (including phenoxy) is 2. The van der Waals surface area contributed by atoms with Gasteiger partial charge in [-0.05, 0) is 38.5 Å². The molecule has 21 heavy (non-hydrogen) atoms. The van der Waals surface area contributed by atoms with E-state index in [1.165, 1.54) is 0 Å². The summed E-state index contributed by atoms with van der Waals surface area (Å²) in [5.74, 6) is -0.977. The first-order valence-electron chi connectivity index (χ1n) is 7.79. The molecule has 2 rings (SSSR count). The molecule has 6 nitrogen and oxygen atoms in total. The largest absolute Gasteiger partial charge is 0.460 e. The molecule has 0 heterocycles. The molecule has 0 spiro atoms. The fourth-order valence-corrected chi connectivity index (χ4v) is 3.62. The summed E-state index contributed by atoms with van der Waals surface area (Å²) in [6.07, 6.45) is 8.37. The van der Waals surface area contributed by atoms with Crippen molar-refractivity contribution in [2.45, 2.75) is 81.9 Å². The monoisotopic (exact) mass is 320 g/mol. The van der Waals surface area contributed by atoms with Crippen LogP contribution in [-0.2, 0) is 24.4 Å². The van der Waals surface area contributed by atoms with Crippen LogP contribution in [0.4, 0.5) is 0 Å². The minimum atomic E-state index is -4.61. The molecule has 122 valence electrons. The molecule has 2 fully saturated rings. The molecule has 2 aliphatic rings. The van der Waals surface area contributed by atoms with E-state index in [4.69, 9.17) is 9.47 Å². The SMILES string of the molecule is O=C(OC1CCCCC1)C(OC1CCCCC1)S(=O)(=O)O. The van der Waals surface area contributed by atoms with Crippen LogP contribution in [0.1, 0.15) is 64.2 Å². The highest BCUT2D eigenvalue weighted by Crippen LogP contribution is 2.25. The molecule has 2 aliphatic carbocycles. The first-order chi connectivity index (χ1) is 9.97. The molecule has 0 bridgehead atoms. The zero-order chi connectivity index (χ0) is 15.3. The van der Waals surface area contributed by atoms with Crippen LogP contribution in [-0.4, -0.2) is 36.6 Å². The molecule has 2 saturated carbocycles. The molecule has 1 N–H and O–H groups in total. The summed E-state index contributed by atoms with van der Waals surface area (Å²) in [5, 5.41) is 0. The van der Waals surface area contributed by atoms with Crippen molar-refractivity contribution in [1.82, 2.24) is 0 Å². The van der Waals surface area contributed by atoms with Crippen LogP contribution in [0.5, 0.6) is 0 Å². The normalized spacial score (nSPS) is 23.7. The van der Waals surface area contributed by atoms with Crippen molar-refractivity contribution in [3.8, 4) is 0 Å². The number of hydrogen-bond acceptors (Lipinski definition) is 5. The molecule has 1 unspecified atom stereocenters. The maximum Gasteiger partial charge on any atom is 0.354 e. The number of rotatable bonds is 5. The van der Waals surface area contributed by atoms with Gasteiger partial charge in [0.05, 0.1) is 6.10 Å². The van der Waals surface area contributed by atoms with Crippen LogP contribution in [0.15, 0.2) is 0 Å². The molecule has 0 amide bonds. The Bertz CT molecular complexity index is 434. The number of hydrogen-bond donors (Lipinski definition) is 1. The standard InChI is InChI=1S/C14H24O6S/c15-13(19-11-7-3-1-4-8-11)14(21(16,17)18)20-12-9-5-2-6-10-12/h11-12,14H,1-10H2,(H,16,17,18). The fraction of sp³-hybridized carbons (Fsp3) is 0.929. The average Bonchev–Trinajstić information content (AvgIpc) is 2.45. The summed E-state index contributed by atoms with van der Waals surface area (Å²) in [6, 6.07) is 0. The molecule has 7 heteroatoms. The first kappa shape index (κ1) is 16.7. The van der Waals surface area contributed by atoms with Crippen molar-refractivity contribution in [2.75, 3.05) is 0 Å². The van der Waals surface area contributed by atoms with Crippen LogP contribution in [0.3, 0.4) is 0 Å². The van der Waals surface area contributed by atoms with Gasteiger partial charge in [-0.25, -0.2) is 4.79 Å². The summed E-state index contributed by atoms with van der Waals surface area (Å²) in [6.45, 7) is 0. The van der Waals surface area contributed by atoms with Crippen LogP contribution in [0.25, 0.3) is 0 Å². The summed E-state index contributed by atoms with van der Waals surface area (Å²) >= 11 is 0. The van der Waals surface area contributed by atoms with Gasteiger partial charge in [0.25, 0.3) is 5.44 Å². The van der Waals surface area contributed by atoms with Crippen LogP contribution in [0.2, 0.25) is 0 Å². The lowest BCUT2D eigenvalue weighted by Gasteiger charge is -2.27. The van der Waals surface area contributed by atoms with E-state index in [9.17, 15) is 17.8 Å². The van der Waals surface area contributed by atoms with Crippen molar-refractivity contribution in [3.05, 3.63) is 0 Å². The molecular weight excluding hydrogens is 296 g/mol. The highest BCUT2D eigenvalue weighted by atomic mass is 32.2. The van der Waals surface area contributed by atoms with Gasteiger partial charge in [0.1, 0.15) is 6.10 Å². The van der Waals surface area contributed by atoms with E-state index in [1.54, 1.807) is 0 Å². The lowest BCUT2D eigenvalue weighted by molar-refractivity contribution is -0.162. The summed E-state index contributed by atoms with van der Waals surface area (Å²) < 4.78 is 42.7. The zero-order valence-electron chi connectivity index (χ0n) is 12.2. The minimum absolute atomic E-state index is 0.259. The Balaban J connectivity index is 1.95. The second-order valence-electron chi connectivity index (χ2n) is 5.94. The topological polar surface area (TPSA) is 89.9 Å². The van der Waals surface area contributed by atoms with Gasteiger partial charge in [-0.15, -0.1) is 0 Å². The van der Waals surface area contributed by atoms with Gasteiger partial charge in [-0.1, -0.05) is 25.7 Å². The third kappa shape index (κ3) is 5.23. The lowest BCUT2D eigenvalue weighted by atomic mass is 9.98. The van der Waals surface area contributed by atoms with Crippen molar-refractivity contribution in [1.29, 1.82) is 0 Å². The van der Waals surface area contributed by atoms with E-state index in [1.807, 2.05) is 0 Å². The summed E-state index contributed by atoms with van der Waals surface area (Å²) in [7, 11) is -4.61. The number of esters is 1. The van der Waals surface area contributed by atoms with E-state index < -0.39 is 21.5 Å². The Morgan fingerprint density at radius 1 is 0.905 bits per heavy atom. The lowest BCUT2D eigenvalue weighted by Crippen LogP contribution is -2.40. The number of carbonyl (C=O) groups excluding carboxylic acids is 1. The van der Waals surface area contributed by atoms with Gasteiger partial charge in [0.2, 0.25) is 0 Å². The van der Waals surface area contributed by atoms with Crippen molar-refractivity contribution >= 4 is 16.1 Å². The molecule has 0 aromatic carbocycles. The Morgan fingerprint density at radius 2 is 1.38 bits per heavy atom. The fourth-order valence-electron chi connectivity index (χ4n) is 3.03. The molecule has 0 radical (unpaired) electrons. The van der Waals surface area contributed by atoms with E-state index in [0.29, 0.717) is 12.8 Å². The highest BCUT2D eigenvalue weighted by molar-refractivity contribution is 7.87. The van der Waals surface area contributed by atoms with E-state index in [-0.39, 0.29) is 12.2 Å². The smallest absolute Gasteiger partial charge is 0.354 e. The minimum Gasteiger partial charge on any atom is -0.460 e. The third-order valence-corrected chi connectivity index (χ3v) is 5.01. The van der Waals surface area contributed by atoms with Crippen molar-refractivity contribution in [2.24, 2.45) is 0 Å². The average molecular weight is 320 g/mol. The van der Waals surface area contributed by atoms with Crippen molar-refractivity contribution in [3.63, 3.8) is 0 Å². The van der Waals surface area contributed by atoms with Gasteiger partial charge < -0.3 is 9.47 Å². The molecule has 1 atom stereocenters. The van der Waals surface area contributed by atoms with E-state index in [2.05, 4.69) is 0 Å².